The molecular formula is C20H15N7. The van der Waals surface area contributed by atoms with Gasteiger partial charge in [-0.1, -0.05) is 42.5 Å². The van der Waals surface area contributed by atoms with Crippen LogP contribution in [0.1, 0.15) is 5.69 Å². The largest absolute Gasteiger partial charge is 0.347 e. The van der Waals surface area contributed by atoms with Crippen molar-refractivity contribution < 1.29 is 0 Å². The van der Waals surface area contributed by atoms with Gasteiger partial charge in [-0.2, -0.15) is 5.10 Å². The number of aromatic nitrogens is 6. The number of nitrogens with one attached hydrogen (secondary N) is 1. The molecule has 3 heterocycles. The zero-order valence-corrected chi connectivity index (χ0v) is 14.3. The van der Waals surface area contributed by atoms with Gasteiger partial charge in [-0.15, -0.1) is 5.10 Å². The topological polar surface area (TPSA) is 80.9 Å². The third-order valence-corrected chi connectivity index (χ3v) is 4.34. The van der Waals surface area contributed by atoms with Gasteiger partial charge in [0.2, 0.25) is 11.7 Å². The molecule has 0 saturated heterocycles. The summed E-state index contributed by atoms with van der Waals surface area (Å²) >= 11 is 0. The monoisotopic (exact) mass is 353 g/mol. The SMILES string of the molecule is c1ccc2c(-c3cnnc(NCc4cn5cccnc5n4)n3)cccc2c1. The molecule has 0 spiro atoms. The molecule has 130 valence electrons. The molecule has 0 radical (unpaired) electrons. The molecule has 0 saturated carbocycles. The molecule has 7 nitrogen and oxygen atoms in total. The number of rotatable bonds is 4. The number of imidazole rings is 1. The molecular weight excluding hydrogens is 338 g/mol. The maximum atomic E-state index is 4.63. The van der Waals surface area contributed by atoms with Gasteiger partial charge < -0.3 is 5.32 Å². The van der Waals surface area contributed by atoms with E-state index in [0.717, 1.165) is 22.3 Å². The van der Waals surface area contributed by atoms with E-state index in [1.165, 1.54) is 5.39 Å². The fourth-order valence-corrected chi connectivity index (χ4v) is 3.09. The first-order valence-electron chi connectivity index (χ1n) is 8.57. The first-order valence-corrected chi connectivity index (χ1v) is 8.57. The van der Waals surface area contributed by atoms with Gasteiger partial charge in [0.05, 0.1) is 24.1 Å². The minimum atomic E-state index is 0.463. The maximum absolute atomic E-state index is 4.63. The van der Waals surface area contributed by atoms with Gasteiger partial charge in [0.15, 0.2) is 0 Å². The van der Waals surface area contributed by atoms with E-state index in [0.29, 0.717) is 18.3 Å². The van der Waals surface area contributed by atoms with Crippen LogP contribution in [0.2, 0.25) is 0 Å². The zero-order valence-electron chi connectivity index (χ0n) is 14.3. The van der Waals surface area contributed by atoms with E-state index in [2.05, 4.69) is 48.7 Å². The summed E-state index contributed by atoms with van der Waals surface area (Å²) in [4.78, 5) is 13.3. The van der Waals surface area contributed by atoms with Gasteiger partial charge in [-0.25, -0.2) is 15.0 Å². The summed E-state index contributed by atoms with van der Waals surface area (Å²) < 4.78 is 1.88. The zero-order chi connectivity index (χ0) is 18.1. The molecule has 5 rings (SSSR count). The number of nitrogens with zero attached hydrogens (tertiary/aromatic N) is 6. The van der Waals surface area contributed by atoms with E-state index in [1.54, 1.807) is 12.4 Å². The Bertz CT molecular complexity index is 1210. The van der Waals surface area contributed by atoms with E-state index >= 15 is 0 Å². The molecule has 0 amide bonds. The Labute approximate surface area is 154 Å². The summed E-state index contributed by atoms with van der Waals surface area (Å²) in [5, 5.41) is 13.7. The second-order valence-electron chi connectivity index (χ2n) is 6.10. The smallest absolute Gasteiger partial charge is 0.243 e. The Kier molecular flexibility index (Phi) is 3.68. The van der Waals surface area contributed by atoms with Crippen molar-refractivity contribution in [2.24, 2.45) is 0 Å². The Hall–Kier alpha value is -3.87. The quantitative estimate of drug-likeness (QED) is 0.534. The van der Waals surface area contributed by atoms with Crippen LogP contribution in [0.25, 0.3) is 27.8 Å². The Balaban J connectivity index is 1.43. The van der Waals surface area contributed by atoms with Gasteiger partial charge in [-0.3, -0.25) is 4.40 Å². The average Bonchev–Trinajstić information content (AvgIpc) is 3.15. The molecule has 1 N–H and O–H groups in total. The number of hydrogen-bond donors (Lipinski definition) is 1. The lowest BCUT2D eigenvalue weighted by molar-refractivity contribution is 0.940. The van der Waals surface area contributed by atoms with Crippen LogP contribution in [0.5, 0.6) is 0 Å². The predicted octanol–water partition coefficient (Wildman–Crippen LogP) is 3.35. The first kappa shape index (κ1) is 15.4. The van der Waals surface area contributed by atoms with E-state index in [1.807, 2.05) is 47.1 Å². The van der Waals surface area contributed by atoms with E-state index in [9.17, 15) is 0 Å². The standard InChI is InChI=1S/C20H15N7/c1-2-7-16-14(5-1)6-3-8-17(16)18-12-23-26-19(25-18)22-11-15-13-27-10-4-9-21-20(27)24-15/h1-10,12-13H,11H2,(H,22,25,26). The van der Waals surface area contributed by atoms with Gasteiger partial charge >= 0.3 is 0 Å². The van der Waals surface area contributed by atoms with Crippen LogP contribution in [0.4, 0.5) is 5.95 Å². The van der Waals surface area contributed by atoms with Gasteiger partial charge in [0, 0.05) is 24.2 Å². The van der Waals surface area contributed by atoms with Crippen molar-refractivity contribution in [2.75, 3.05) is 5.32 Å². The molecule has 27 heavy (non-hydrogen) atoms. The third kappa shape index (κ3) is 2.95. The summed E-state index contributed by atoms with van der Waals surface area (Å²) in [7, 11) is 0. The van der Waals surface area contributed by atoms with E-state index in [-0.39, 0.29) is 0 Å². The van der Waals surface area contributed by atoms with Crippen molar-refractivity contribution >= 4 is 22.5 Å². The second kappa shape index (κ2) is 6.45. The van der Waals surface area contributed by atoms with Gasteiger partial charge in [0.1, 0.15) is 0 Å². The highest BCUT2D eigenvalue weighted by atomic mass is 15.2. The molecule has 0 atom stereocenters. The summed E-state index contributed by atoms with van der Waals surface area (Å²) in [5.74, 6) is 1.13. The van der Waals surface area contributed by atoms with Crippen LogP contribution in [-0.2, 0) is 6.54 Å². The summed E-state index contributed by atoms with van der Waals surface area (Å²) in [6.45, 7) is 0.490. The normalized spacial score (nSPS) is 11.1. The van der Waals surface area contributed by atoms with Crippen LogP contribution in [0.3, 0.4) is 0 Å². The number of hydrogen-bond acceptors (Lipinski definition) is 6. The van der Waals surface area contributed by atoms with Crippen LogP contribution in [0.15, 0.2) is 73.3 Å². The summed E-state index contributed by atoms with van der Waals surface area (Å²) in [6, 6.07) is 16.3. The predicted molar refractivity (Wildman–Crippen MR) is 103 cm³/mol. The highest BCUT2D eigenvalue weighted by Gasteiger charge is 2.08. The highest BCUT2D eigenvalue weighted by Crippen LogP contribution is 2.27. The minimum Gasteiger partial charge on any atom is -0.347 e. The molecule has 5 aromatic rings. The maximum Gasteiger partial charge on any atom is 0.243 e. The Morgan fingerprint density at radius 3 is 2.85 bits per heavy atom. The van der Waals surface area contributed by atoms with Crippen LogP contribution >= 0.6 is 0 Å². The fourth-order valence-electron chi connectivity index (χ4n) is 3.09. The lowest BCUT2D eigenvalue weighted by atomic mass is 10.0. The molecule has 0 bridgehead atoms. The van der Waals surface area contributed by atoms with Crippen molar-refractivity contribution in [3.63, 3.8) is 0 Å². The third-order valence-electron chi connectivity index (χ3n) is 4.34. The minimum absolute atomic E-state index is 0.463. The van der Waals surface area contributed by atoms with Crippen LogP contribution in [0, 0.1) is 0 Å². The van der Waals surface area contributed by atoms with Gasteiger partial charge in [-0.05, 0) is 16.8 Å². The number of benzene rings is 2. The van der Waals surface area contributed by atoms with Gasteiger partial charge in [0.25, 0.3) is 0 Å². The van der Waals surface area contributed by atoms with Crippen LogP contribution in [-0.4, -0.2) is 29.5 Å². The van der Waals surface area contributed by atoms with Crippen LogP contribution < -0.4 is 5.32 Å². The molecule has 0 aliphatic rings. The van der Waals surface area contributed by atoms with E-state index < -0.39 is 0 Å². The second-order valence-corrected chi connectivity index (χ2v) is 6.10. The van der Waals surface area contributed by atoms with Crippen molar-refractivity contribution in [1.29, 1.82) is 0 Å². The molecule has 0 unspecified atom stereocenters. The molecule has 0 aliphatic heterocycles. The van der Waals surface area contributed by atoms with Crippen molar-refractivity contribution in [3.8, 4) is 11.3 Å². The molecule has 0 fully saturated rings. The lowest BCUT2D eigenvalue weighted by Crippen LogP contribution is -2.05. The van der Waals surface area contributed by atoms with E-state index in [4.69, 9.17) is 0 Å². The van der Waals surface area contributed by atoms with Crippen molar-refractivity contribution in [2.45, 2.75) is 6.54 Å². The molecule has 7 heteroatoms. The molecule has 2 aromatic carbocycles. The summed E-state index contributed by atoms with van der Waals surface area (Å²) in [6.07, 6.45) is 7.25. The molecule has 3 aromatic heterocycles. The summed E-state index contributed by atoms with van der Waals surface area (Å²) in [5.41, 5.74) is 2.66. The Morgan fingerprint density at radius 1 is 0.963 bits per heavy atom. The average molecular weight is 353 g/mol. The fraction of sp³-hybridized carbons (Fsp3) is 0.0500. The number of fused-ring (bicyclic) bond motifs is 2. The lowest BCUT2D eigenvalue weighted by Gasteiger charge is -2.07. The van der Waals surface area contributed by atoms with Crippen molar-refractivity contribution in [1.82, 2.24) is 29.5 Å². The highest BCUT2D eigenvalue weighted by molar-refractivity contribution is 5.95. The molecule has 0 aliphatic carbocycles. The van der Waals surface area contributed by atoms with Crippen molar-refractivity contribution in [3.05, 3.63) is 79.0 Å². The Morgan fingerprint density at radius 2 is 1.89 bits per heavy atom. The number of anilines is 1. The first-order chi connectivity index (χ1) is 13.4.